The average molecular weight is 253 g/mol. The molecule has 0 aliphatic rings. The van der Waals surface area contributed by atoms with E-state index in [4.69, 9.17) is 14.6 Å². The molecular formula is C13H19NO4. The summed E-state index contributed by atoms with van der Waals surface area (Å²) in [7, 11) is 1.65. The van der Waals surface area contributed by atoms with E-state index in [0.29, 0.717) is 13.2 Å². The first-order chi connectivity index (χ1) is 8.67. The van der Waals surface area contributed by atoms with Crippen LogP contribution in [-0.2, 0) is 11.3 Å². The molecular weight excluding hydrogens is 234 g/mol. The van der Waals surface area contributed by atoms with Gasteiger partial charge in [0.05, 0.1) is 13.2 Å². The van der Waals surface area contributed by atoms with Crippen molar-refractivity contribution in [2.45, 2.75) is 13.5 Å². The summed E-state index contributed by atoms with van der Waals surface area (Å²) in [5, 5.41) is 8.56. The second kappa shape index (κ2) is 7.55. The van der Waals surface area contributed by atoms with Crippen LogP contribution in [0.3, 0.4) is 0 Å². The third-order valence-electron chi connectivity index (χ3n) is 2.28. The highest BCUT2D eigenvalue weighted by atomic mass is 16.6. The lowest BCUT2D eigenvalue weighted by molar-refractivity contribution is 0.0894. The summed E-state index contributed by atoms with van der Waals surface area (Å²) < 4.78 is 10.1. The number of carbonyl (C=O) groups excluding carboxylic acids is 1. The Balaban J connectivity index is 2.48. The van der Waals surface area contributed by atoms with Gasteiger partial charge in [-0.25, -0.2) is 4.79 Å². The van der Waals surface area contributed by atoms with E-state index < -0.39 is 6.09 Å². The maximum atomic E-state index is 11.4. The second-order valence-corrected chi connectivity index (χ2v) is 3.77. The summed E-state index contributed by atoms with van der Waals surface area (Å²) in [6.45, 7) is 2.87. The van der Waals surface area contributed by atoms with Gasteiger partial charge in [0.15, 0.2) is 0 Å². The summed E-state index contributed by atoms with van der Waals surface area (Å²) in [5.74, 6) is 0.812. The molecule has 1 amide bonds. The van der Waals surface area contributed by atoms with Crippen molar-refractivity contribution in [3.63, 3.8) is 0 Å². The van der Waals surface area contributed by atoms with Gasteiger partial charge >= 0.3 is 6.09 Å². The monoisotopic (exact) mass is 253 g/mol. The van der Waals surface area contributed by atoms with Crippen LogP contribution in [0.5, 0.6) is 5.75 Å². The standard InChI is InChI=1S/C13H19NO4/c1-3-17-12-6-4-11(5-7-12)10-14(2)13(16)18-9-8-15/h4-7,15H,3,8-10H2,1-2H3. The second-order valence-electron chi connectivity index (χ2n) is 3.77. The Morgan fingerprint density at radius 2 is 2.00 bits per heavy atom. The molecule has 0 saturated carbocycles. The number of hydrogen-bond donors (Lipinski definition) is 1. The summed E-state index contributed by atoms with van der Waals surface area (Å²) >= 11 is 0. The number of hydrogen-bond acceptors (Lipinski definition) is 4. The number of aliphatic hydroxyl groups is 1. The Morgan fingerprint density at radius 3 is 2.56 bits per heavy atom. The Labute approximate surface area is 107 Å². The van der Waals surface area contributed by atoms with Gasteiger partial charge in [0, 0.05) is 13.6 Å². The molecule has 0 unspecified atom stereocenters. The number of nitrogens with zero attached hydrogens (tertiary/aromatic N) is 1. The van der Waals surface area contributed by atoms with Crippen LogP contribution in [0.25, 0.3) is 0 Å². The zero-order valence-electron chi connectivity index (χ0n) is 10.8. The summed E-state index contributed by atoms with van der Waals surface area (Å²) in [5.41, 5.74) is 0.988. The Hall–Kier alpha value is -1.75. The summed E-state index contributed by atoms with van der Waals surface area (Å²) in [4.78, 5) is 12.9. The summed E-state index contributed by atoms with van der Waals surface area (Å²) in [6.07, 6.45) is -0.446. The molecule has 0 radical (unpaired) electrons. The molecule has 0 heterocycles. The minimum Gasteiger partial charge on any atom is -0.494 e. The van der Waals surface area contributed by atoms with Crippen molar-refractivity contribution in [2.75, 3.05) is 26.9 Å². The van der Waals surface area contributed by atoms with E-state index in [1.165, 1.54) is 4.90 Å². The zero-order chi connectivity index (χ0) is 13.4. The van der Waals surface area contributed by atoms with Gasteiger partial charge in [-0.2, -0.15) is 0 Å². The molecule has 1 aromatic rings. The molecule has 0 spiro atoms. The number of ether oxygens (including phenoxy) is 2. The van der Waals surface area contributed by atoms with Crippen molar-refractivity contribution in [2.24, 2.45) is 0 Å². The van der Waals surface area contributed by atoms with Crippen LogP contribution in [-0.4, -0.2) is 43.0 Å². The van der Waals surface area contributed by atoms with E-state index >= 15 is 0 Å². The van der Waals surface area contributed by atoms with E-state index in [1.807, 2.05) is 31.2 Å². The SMILES string of the molecule is CCOc1ccc(CN(C)C(=O)OCCO)cc1. The van der Waals surface area contributed by atoms with Crippen LogP contribution in [0.15, 0.2) is 24.3 Å². The normalized spacial score (nSPS) is 9.94. The lowest BCUT2D eigenvalue weighted by Gasteiger charge is -2.16. The smallest absolute Gasteiger partial charge is 0.409 e. The third-order valence-corrected chi connectivity index (χ3v) is 2.28. The van der Waals surface area contributed by atoms with E-state index in [1.54, 1.807) is 7.05 Å². The molecule has 1 rings (SSSR count). The van der Waals surface area contributed by atoms with E-state index in [-0.39, 0.29) is 13.2 Å². The zero-order valence-corrected chi connectivity index (χ0v) is 10.8. The van der Waals surface area contributed by atoms with Crippen molar-refractivity contribution in [3.8, 4) is 5.75 Å². The molecule has 0 saturated heterocycles. The lowest BCUT2D eigenvalue weighted by Crippen LogP contribution is -2.27. The van der Waals surface area contributed by atoms with Gasteiger partial charge in [-0.15, -0.1) is 0 Å². The topological polar surface area (TPSA) is 59.0 Å². The number of carbonyl (C=O) groups is 1. The molecule has 0 aliphatic heterocycles. The number of benzene rings is 1. The summed E-state index contributed by atoms with van der Waals surface area (Å²) in [6, 6.07) is 7.54. The Kier molecular flexibility index (Phi) is 6.00. The minimum absolute atomic E-state index is 0.0203. The van der Waals surface area contributed by atoms with Crippen LogP contribution >= 0.6 is 0 Å². The van der Waals surface area contributed by atoms with Crippen LogP contribution < -0.4 is 4.74 Å². The predicted octanol–water partition coefficient (Wildman–Crippen LogP) is 1.65. The molecule has 0 bridgehead atoms. The van der Waals surface area contributed by atoms with E-state index in [0.717, 1.165) is 11.3 Å². The van der Waals surface area contributed by atoms with Gasteiger partial charge in [0.25, 0.3) is 0 Å². The molecule has 5 heteroatoms. The van der Waals surface area contributed by atoms with E-state index in [2.05, 4.69) is 0 Å². The first-order valence-electron chi connectivity index (χ1n) is 5.88. The largest absolute Gasteiger partial charge is 0.494 e. The lowest BCUT2D eigenvalue weighted by atomic mass is 10.2. The maximum absolute atomic E-state index is 11.4. The molecule has 1 N–H and O–H groups in total. The molecule has 1 aromatic carbocycles. The fourth-order valence-corrected chi connectivity index (χ4v) is 1.44. The first kappa shape index (κ1) is 14.3. The van der Waals surface area contributed by atoms with Crippen LogP contribution in [0.1, 0.15) is 12.5 Å². The van der Waals surface area contributed by atoms with Gasteiger partial charge in [0.1, 0.15) is 12.4 Å². The van der Waals surface area contributed by atoms with Crippen molar-refractivity contribution in [1.29, 1.82) is 0 Å². The van der Waals surface area contributed by atoms with Crippen molar-refractivity contribution < 1.29 is 19.4 Å². The quantitative estimate of drug-likeness (QED) is 0.837. The highest BCUT2D eigenvalue weighted by Crippen LogP contribution is 2.13. The van der Waals surface area contributed by atoms with Gasteiger partial charge in [-0.1, -0.05) is 12.1 Å². The molecule has 18 heavy (non-hydrogen) atoms. The molecule has 0 aromatic heterocycles. The molecule has 5 nitrogen and oxygen atoms in total. The van der Waals surface area contributed by atoms with Gasteiger partial charge < -0.3 is 19.5 Å². The van der Waals surface area contributed by atoms with Gasteiger partial charge in [0.2, 0.25) is 0 Å². The molecule has 0 atom stereocenters. The van der Waals surface area contributed by atoms with Crippen LogP contribution in [0, 0.1) is 0 Å². The Morgan fingerprint density at radius 1 is 1.33 bits per heavy atom. The van der Waals surface area contributed by atoms with Crippen LogP contribution in [0.2, 0.25) is 0 Å². The fourth-order valence-electron chi connectivity index (χ4n) is 1.44. The highest BCUT2D eigenvalue weighted by Gasteiger charge is 2.09. The van der Waals surface area contributed by atoms with E-state index in [9.17, 15) is 4.79 Å². The molecule has 0 aliphatic carbocycles. The minimum atomic E-state index is -0.446. The Bertz CT molecular complexity index is 364. The van der Waals surface area contributed by atoms with Gasteiger partial charge in [-0.3, -0.25) is 0 Å². The molecule has 100 valence electrons. The van der Waals surface area contributed by atoms with Gasteiger partial charge in [-0.05, 0) is 24.6 Å². The van der Waals surface area contributed by atoms with Crippen molar-refractivity contribution >= 4 is 6.09 Å². The van der Waals surface area contributed by atoms with Crippen molar-refractivity contribution in [3.05, 3.63) is 29.8 Å². The fraction of sp³-hybridized carbons (Fsp3) is 0.462. The predicted molar refractivity (Wildman–Crippen MR) is 67.5 cm³/mol. The highest BCUT2D eigenvalue weighted by molar-refractivity contribution is 5.67. The third kappa shape index (κ3) is 4.63. The van der Waals surface area contributed by atoms with Crippen LogP contribution in [0.4, 0.5) is 4.79 Å². The number of aliphatic hydroxyl groups excluding tert-OH is 1. The van der Waals surface area contributed by atoms with Crippen molar-refractivity contribution in [1.82, 2.24) is 4.90 Å². The number of rotatable bonds is 6. The number of amides is 1. The molecule has 0 fully saturated rings. The maximum Gasteiger partial charge on any atom is 0.409 e. The average Bonchev–Trinajstić information content (AvgIpc) is 2.38. The first-order valence-corrected chi connectivity index (χ1v) is 5.88.